The molecule has 0 bridgehead atoms. The Bertz CT molecular complexity index is 606. The first-order valence-electron chi connectivity index (χ1n) is 4.89. The highest BCUT2D eigenvalue weighted by atomic mass is 16.6. The van der Waals surface area contributed by atoms with Crippen molar-refractivity contribution in [3.63, 3.8) is 0 Å². The summed E-state index contributed by atoms with van der Waals surface area (Å²) in [6.07, 6.45) is 0. The second-order valence-corrected chi connectivity index (χ2v) is 3.43. The molecule has 0 saturated heterocycles. The van der Waals surface area contributed by atoms with Gasteiger partial charge in [-0.1, -0.05) is 18.2 Å². The molecule has 0 atom stereocenters. The minimum Gasteiger partial charge on any atom is -0.465 e. The molecule has 0 aliphatic rings. The fraction of sp³-hybridized carbons (Fsp3) is 0.0833. The molecule has 0 fully saturated rings. The van der Waals surface area contributed by atoms with Crippen LogP contribution in [0.5, 0.6) is 0 Å². The third-order valence-electron chi connectivity index (χ3n) is 2.50. The van der Waals surface area contributed by atoms with Gasteiger partial charge >= 0.3 is 5.97 Å². The maximum absolute atomic E-state index is 11.5. The van der Waals surface area contributed by atoms with Crippen molar-refractivity contribution >= 4 is 22.4 Å². The smallest absolute Gasteiger partial charge is 0.338 e. The molecule has 0 saturated carbocycles. The van der Waals surface area contributed by atoms with Crippen molar-refractivity contribution in [3.8, 4) is 0 Å². The Labute approximate surface area is 96.8 Å². The summed E-state index contributed by atoms with van der Waals surface area (Å²) in [5.41, 5.74) is 0.307. The number of nitro groups is 1. The number of hydrogen-bond donors (Lipinski definition) is 0. The Balaban J connectivity index is 2.79. The van der Waals surface area contributed by atoms with Crippen LogP contribution in [0.3, 0.4) is 0 Å². The van der Waals surface area contributed by atoms with E-state index in [-0.39, 0.29) is 5.69 Å². The van der Waals surface area contributed by atoms with Gasteiger partial charge in [0, 0.05) is 11.5 Å². The molecule has 0 spiro atoms. The Hall–Kier alpha value is -2.43. The van der Waals surface area contributed by atoms with Crippen LogP contribution >= 0.6 is 0 Å². The Morgan fingerprint density at radius 2 is 1.82 bits per heavy atom. The first kappa shape index (κ1) is 11.1. The Kier molecular flexibility index (Phi) is 2.74. The van der Waals surface area contributed by atoms with E-state index < -0.39 is 10.9 Å². The summed E-state index contributed by atoms with van der Waals surface area (Å²) in [5.74, 6) is -0.504. The molecule has 0 N–H and O–H groups in total. The quantitative estimate of drug-likeness (QED) is 0.452. The van der Waals surface area contributed by atoms with E-state index in [0.717, 1.165) is 0 Å². The fourth-order valence-electron chi connectivity index (χ4n) is 1.74. The molecular weight excluding hydrogens is 222 g/mol. The monoisotopic (exact) mass is 231 g/mol. The highest BCUT2D eigenvalue weighted by Crippen LogP contribution is 2.27. The van der Waals surface area contributed by atoms with Crippen LogP contribution in [0.15, 0.2) is 36.4 Å². The summed E-state index contributed by atoms with van der Waals surface area (Å²) in [5, 5.41) is 11.8. The van der Waals surface area contributed by atoms with Gasteiger partial charge in [-0.05, 0) is 12.1 Å². The average molecular weight is 231 g/mol. The van der Waals surface area contributed by atoms with Crippen molar-refractivity contribution in [2.75, 3.05) is 7.11 Å². The van der Waals surface area contributed by atoms with E-state index in [0.29, 0.717) is 16.3 Å². The largest absolute Gasteiger partial charge is 0.465 e. The van der Waals surface area contributed by atoms with Crippen molar-refractivity contribution in [1.29, 1.82) is 0 Å². The van der Waals surface area contributed by atoms with Crippen LogP contribution in [-0.2, 0) is 4.74 Å². The predicted octanol–water partition coefficient (Wildman–Crippen LogP) is 2.53. The van der Waals surface area contributed by atoms with Crippen molar-refractivity contribution in [1.82, 2.24) is 0 Å². The number of esters is 1. The van der Waals surface area contributed by atoms with Crippen LogP contribution in [0.1, 0.15) is 10.4 Å². The molecule has 2 aromatic carbocycles. The second-order valence-electron chi connectivity index (χ2n) is 3.43. The number of carbonyl (C=O) groups is 1. The molecule has 0 amide bonds. The molecule has 2 rings (SSSR count). The number of carbonyl (C=O) groups excluding carboxylic acids is 1. The topological polar surface area (TPSA) is 69.4 Å². The standard InChI is InChI=1S/C12H9NO4/c1-17-12(14)10-6-2-5-9-8(10)4-3-7-11(9)13(15)16/h2-7H,1H3. The lowest BCUT2D eigenvalue weighted by atomic mass is 10.0. The van der Waals surface area contributed by atoms with Gasteiger partial charge in [0.2, 0.25) is 0 Å². The van der Waals surface area contributed by atoms with Gasteiger partial charge in [0.25, 0.3) is 5.69 Å². The molecule has 0 aliphatic carbocycles. The van der Waals surface area contributed by atoms with Gasteiger partial charge < -0.3 is 4.74 Å². The first-order chi connectivity index (χ1) is 8.15. The van der Waals surface area contributed by atoms with Crippen molar-refractivity contribution in [2.45, 2.75) is 0 Å². The van der Waals surface area contributed by atoms with Gasteiger partial charge in [0.05, 0.1) is 23.0 Å². The highest BCUT2D eigenvalue weighted by molar-refractivity contribution is 6.06. The zero-order valence-electron chi connectivity index (χ0n) is 9.04. The van der Waals surface area contributed by atoms with Gasteiger partial charge in [0.15, 0.2) is 0 Å². The van der Waals surface area contributed by atoms with E-state index in [1.54, 1.807) is 30.3 Å². The Morgan fingerprint density at radius 3 is 2.47 bits per heavy atom. The average Bonchev–Trinajstić information content (AvgIpc) is 2.36. The van der Waals surface area contributed by atoms with Crippen LogP contribution in [0.2, 0.25) is 0 Å². The fourth-order valence-corrected chi connectivity index (χ4v) is 1.74. The molecule has 0 heterocycles. The minimum atomic E-state index is -0.504. The first-order valence-corrected chi connectivity index (χ1v) is 4.89. The second kappa shape index (κ2) is 4.21. The summed E-state index contributed by atoms with van der Waals surface area (Å²) < 4.78 is 4.64. The maximum atomic E-state index is 11.5. The number of fused-ring (bicyclic) bond motifs is 1. The van der Waals surface area contributed by atoms with Crippen molar-refractivity contribution in [3.05, 3.63) is 52.1 Å². The minimum absolute atomic E-state index is 0.0201. The normalized spacial score (nSPS) is 10.2. The highest BCUT2D eigenvalue weighted by Gasteiger charge is 2.16. The van der Waals surface area contributed by atoms with Gasteiger partial charge in [-0.2, -0.15) is 0 Å². The van der Waals surface area contributed by atoms with E-state index in [2.05, 4.69) is 4.74 Å². The molecule has 0 aliphatic heterocycles. The predicted molar refractivity (Wildman–Crippen MR) is 61.9 cm³/mol. The van der Waals surface area contributed by atoms with Crippen LogP contribution in [0.4, 0.5) is 5.69 Å². The summed E-state index contributed by atoms with van der Waals surface area (Å²) in [6, 6.07) is 9.41. The molecule has 17 heavy (non-hydrogen) atoms. The molecule has 0 aromatic heterocycles. The van der Waals surface area contributed by atoms with Gasteiger partial charge in [-0.3, -0.25) is 10.1 Å². The summed E-state index contributed by atoms with van der Waals surface area (Å²) in [6.45, 7) is 0. The number of non-ortho nitro benzene ring substituents is 1. The van der Waals surface area contributed by atoms with Crippen LogP contribution in [0.25, 0.3) is 10.8 Å². The lowest BCUT2D eigenvalue weighted by Gasteiger charge is -2.04. The van der Waals surface area contributed by atoms with E-state index in [1.807, 2.05) is 0 Å². The van der Waals surface area contributed by atoms with Gasteiger partial charge in [-0.15, -0.1) is 0 Å². The zero-order chi connectivity index (χ0) is 12.4. The molecule has 5 nitrogen and oxygen atoms in total. The Morgan fingerprint density at radius 1 is 1.18 bits per heavy atom. The molecule has 5 heteroatoms. The number of benzene rings is 2. The lowest BCUT2D eigenvalue weighted by Crippen LogP contribution is -2.02. The van der Waals surface area contributed by atoms with E-state index in [4.69, 9.17) is 0 Å². The summed E-state index contributed by atoms with van der Waals surface area (Å²) >= 11 is 0. The van der Waals surface area contributed by atoms with Crippen molar-refractivity contribution in [2.24, 2.45) is 0 Å². The molecule has 0 radical (unpaired) electrons. The number of methoxy groups -OCH3 is 1. The van der Waals surface area contributed by atoms with E-state index in [1.165, 1.54) is 13.2 Å². The lowest BCUT2D eigenvalue weighted by molar-refractivity contribution is -0.383. The zero-order valence-corrected chi connectivity index (χ0v) is 9.04. The maximum Gasteiger partial charge on any atom is 0.338 e. The van der Waals surface area contributed by atoms with Crippen molar-refractivity contribution < 1.29 is 14.5 Å². The summed E-state index contributed by atoms with van der Waals surface area (Å²) in [4.78, 5) is 21.9. The van der Waals surface area contributed by atoms with E-state index in [9.17, 15) is 14.9 Å². The molecule has 0 unspecified atom stereocenters. The SMILES string of the molecule is COC(=O)c1cccc2c([N+](=O)[O-])cccc12. The molecule has 2 aromatic rings. The molecular formula is C12H9NO4. The van der Waals surface area contributed by atoms with Gasteiger partial charge in [0.1, 0.15) is 0 Å². The van der Waals surface area contributed by atoms with Crippen LogP contribution < -0.4 is 0 Å². The number of ether oxygens (including phenoxy) is 1. The third-order valence-corrected chi connectivity index (χ3v) is 2.50. The number of nitrogens with zero attached hydrogens (tertiary/aromatic N) is 1. The summed E-state index contributed by atoms with van der Waals surface area (Å²) in [7, 11) is 1.28. The molecule has 86 valence electrons. The van der Waals surface area contributed by atoms with E-state index >= 15 is 0 Å². The number of rotatable bonds is 2. The third kappa shape index (κ3) is 1.82. The van der Waals surface area contributed by atoms with Crippen LogP contribution in [0, 0.1) is 10.1 Å². The van der Waals surface area contributed by atoms with Crippen LogP contribution in [-0.4, -0.2) is 18.0 Å². The van der Waals surface area contributed by atoms with Gasteiger partial charge in [-0.25, -0.2) is 4.79 Å². The number of hydrogen-bond acceptors (Lipinski definition) is 4. The number of nitro benzene ring substituents is 1.